The number of aliphatic hydroxyl groups is 1. The van der Waals surface area contributed by atoms with Crippen molar-refractivity contribution in [1.82, 2.24) is 14.9 Å². The second-order valence-corrected chi connectivity index (χ2v) is 9.65. The molecule has 4 heterocycles. The summed E-state index contributed by atoms with van der Waals surface area (Å²) in [6.07, 6.45) is 2.35. The van der Waals surface area contributed by atoms with Crippen LogP contribution in [0.1, 0.15) is 29.6 Å². The van der Waals surface area contributed by atoms with Crippen molar-refractivity contribution in [3.05, 3.63) is 72.0 Å². The first-order chi connectivity index (χ1) is 18.1. The van der Waals surface area contributed by atoms with Gasteiger partial charge in [0.05, 0.1) is 30.4 Å². The molecule has 6 rings (SSSR count). The van der Waals surface area contributed by atoms with Gasteiger partial charge in [0, 0.05) is 42.8 Å². The van der Waals surface area contributed by atoms with E-state index in [9.17, 15) is 14.3 Å². The maximum Gasteiger partial charge on any atom is 0.253 e. The number of H-pyrrole nitrogens is 1. The standard InChI is InChI=1S/C29H28FN3O4/c30-24-14-25-26(15-27(31-25)37-23-13-22(16-34)36-17-23)32-28(24)20-7-3-18(4-8-20)19-5-9-21(10-6-19)29(35)33-11-1-2-12-33/h3-10,14-15,22-23,31,34H,1-2,11-13,16-17H2/t22-,23-/m0/s1. The number of halogens is 1. The lowest BCUT2D eigenvalue weighted by atomic mass is 10.0. The second-order valence-electron chi connectivity index (χ2n) is 9.65. The number of fused-ring (bicyclic) bond motifs is 1. The van der Waals surface area contributed by atoms with E-state index in [4.69, 9.17) is 9.47 Å². The molecule has 2 saturated heterocycles. The number of hydrogen-bond donors (Lipinski definition) is 2. The van der Waals surface area contributed by atoms with Crippen LogP contribution in [0.5, 0.6) is 5.88 Å². The Bertz CT molecular complexity index is 1410. The van der Waals surface area contributed by atoms with Crippen LogP contribution in [0.15, 0.2) is 60.7 Å². The summed E-state index contributed by atoms with van der Waals surface area (Å²) in [7, 11) is 0. The molecule has 1 amide bonds. The minimum Gasteiger partial charge on any atom is -0.473 e. The number of hydrogen-bond acceptors (Lipinski definition) is 5. The van der Waals surface area contributed by atoms with Crippen molar-refractivity contribution in [1.29, 1.82) is 0 Å². The average Bonchev–Trinajstić information content (AvgIpc) is 3.69. The molecular weight excluding hydrogens is 473 g/mol. The number of aliphatic hydroxyl groups excluding tert-OH is 1. The Labute approximate surface area is 213 Å². The van der Waals surface area contributed by atoms with E-state index in [0.29, 0.717) is 41.1 Å². The number of carbonyl (C=O) groups excluding carboxylic acids is 1. The van der Waals surface area contributed by atoms with Gasteiger partial charge < -0.3 is 24.5 Å². The van der Waals surface area contributed by atoms with Gasteiger partial charge in [-0.3, -0.25) is 4.79 Å². The molecule has 0 saturated carbocycles. The van der Waals surface area contributed by atoms with E-state index in [-0.39, 0.29) is 30.4 Å². The predicted molar refractivity (Wildman–Crippen MR) is 138 cm³/mol. The lowest BCUT2D eigenvalue weighted by Crippen LogP contribution is -2.27. The Hall–Kier alpha value is -3.75. The number of amides is 1. The normalized spacial score (nSPS) is 19.6. The molecular formula is C29H28FN3O4. The van der Waals surface area contributed by atoms with Crippen LogP contribution >= 0.6 is 0 Å². The van der Waals surface area contributed by atoms with E-state index in [2.05, 4.69) is 9.97 Å². The van der Waals surface area contributed by atoms with E-state index >= 15 is 0 Å². The van der Waals surface area contributed by atoms with Gasteiger partial charge in [-0.15, -0.1) is 0 Å². The van der Waals surface area contributed by atoms with Gasteiger partial charge in [-0.05, 0) is 36.1 Å². The Kier molecular flexibility index (Phi) is 6.36. The molecule has 2 fully saturated rings. The highest BCUT2D eigenvalue weighted by Gasteiger charge is 2.27. The number of benzene rings is 2. The van der Waals surface area contributed by atoms with Gasteiger partial charge in [0.25, 0.3) is 5.91 Å². The van der Waals surface area contributed by atoms with Crippen molar-refractivity contribution in [3.63, 3.8) is 0 Å². The summed E-state index contributed by atoms with van der Waals surface area (Å²) in [5, 5.41) is 9.23. The Balaban J connectivity index is 1.18. The fourth-order valence-electron chi connectivity index (χ4n) is 5.06. The van der Waals surface area contributed by atoms with Crippen LogP contribution in [-0.2, 0) is 4.74 Å². The number of ether oxygens (including phenoxy) is 2. The van der Waals surface area contributed by atoms with Crippen LogP contribution in [0.3, 0.4) is 0 Å². The number of likely N-dealkylation sites (tertiary alicyclic amines) is 1. The van der Waals surface area contributed by atoms with Crippen LogP contribution in [0.25, 0.3) is 33.4 Å². The largest absolute Gasteiger partial charge is 0.473 e. The first kappa shape index (κ1) is 23.6. The molecule has 2 N–H and O–H groups in total. The van der Waals surface area contributed by atoms with E-state index in [1.165, 1.54) is 6.07 Å². The highest BCUT2D eigenvalue weighted by atomic mass is 19.1. The zero-order valence-corrected chi connectivity index (χ0v) is 20.3. The lowest BCUT2D eigenvalue weighted by molar-refractivity contribution is 0.0531. The lowest BCUT2D eigenvalue weighted by Gasteiger charge is -2.15. The summed E-state index contributed by atoms with van der Waals surface area (Å²) in [5.41, 5.74) is 4.75. The summed E-state index contributed by atoms with van der Waals surface area (Å²) >= 11 is 0. The molecule has 0 aliphatic carbocycles. The SMILES string of the molecule is O=C(c1ccc(-c2ccc(-c3nc4cc(O[C@@H]5CO[C@H](CO)C5)[nH]c4cc3F)cc2)cc1)N1CCCC1. The summed E-state index contributed by atoms with van der Waals surface area (Å²) in [6, 6.07) is 18.4. The molecule has 2 aromatic carbocycles. The van der Waals surface area contributed by atoms with E-state index < -0.39 is 5.82 Å². The minimum absolute atomic E-state index is 0.0365. The quantitative estimate of drug-likeness (QED) is 0.396. The van der Waals surface area contributed by atoms with Crippen molar-refractivity contribution in [3.8, 4) is 28.3 Å². The molecule has 0 radical (unpaired) electrons. The predicted octanol–water partition coefficient (Wildman–Crippen LogP) is 4.80. The maximum atomic E-state index is 15.0. The molecule has 2 aliphatic rings. The molecule has 37 heavy (non-hydrogen) atoms. The average molecular weight is 502 g/mol. The Morgan fingerprint density at radius 3 is 2.41 bits per heavy atom. The van der Waals surface area contributed by atoms with Crippen molar-refractivity contribution < 1.29 is 23.8 Å². The number of aromatic nitrogens is 2. The third kappa shape index (κ3) is 4.82. The van der Waals surface area contributed by atoms with Crippen LogP contribution in [-0.4, -0.2) is 64.4 Å². The number of pyridine rings is 1. The smallest absolute Gasteiger partial charge is 0.253 e. The van der Waals surface area contributed by atoms with Gasteiger partial charge in [-0.1, -0.05) is 36.4 Å². The summed E-state index contributed by atoms with van der Waals surface area (Å²) in [5.74, 6) is 0.150. The number of carbonyl (C=O) groups is 1. The second kappa shape index (κ2) is 9.95. The molecule has 2 aliphatic heterocycles. The first-order valence-corrected chi connectivity index (χ1v) is 12.7. The number of nitrogens with one attached hydrogen (secondary N) is 1. The van der Waals surface area contributed by atoms with E-state index in [0.717, 1.165) is 37.1 Å². The van der Waals surface area contributed by atoms with Gasteiger partial charge in [-0.2, -0.15) is 0 Å². The Morgan fingerprint density at radius 2 is 1.73 bits per heavy atom. The molecule has 190 valence electrons. The highest BCUT2D eigenvalue weighted by molar-refractivity contribution is 5.95. The third-order valence-corrected chi connectivity index (χ3v) is 7.09. The van der Waals surface area contributed by atoms with Gasteiger partial charge in [0.2, 0.25) is 0 Å². The van der Waals surface area contributed by atoms with Crippen molar-refractivity contribution in [2.45, 2.75) is 31.5 Å². The first-order valence-electron chi connectivity index (χ1n) is 12.7. The van der Waals surface area contributed by atoms with Gasteiger partial charge in [0.1, 0.15) is 11.8 Å². The van der Waals surface area contributed by atoms with E-state index in [1.807, 2.05) is 53.4 Å². The minimum atomic E-state index is -0.428. The highest BCUT2D eigenvalue weighted by Crippen LogP contribution is 2.30. The molecule has 4 aromatic rings. The van der Waals surface area contributed by atoms with Gasteiger partial charge in [0.15, 0.2) is 11.7 Å². The number of aromatic amines is 1. The topological polar surface area (TPSA) is 87.7 Å². The van der Waals surface area contributed by atoms with Crippen LogP contribution in [0.4, 0.5) is 4.39 Å². The zero-order chi connectivity index (χ0) is 25.4. The van der Waals surface area contributed by atoms with Crippen molar-refractivity contribution in [2.24, 2.45) is 0 Å². The summed E-state index contributed by atoms with van der Waals surface area (Å²) in [4.78, 5) is 22.1. The Morgan fingerprint density at radius 1 is 1.05 bits per heavy atom. The molecule has 8 heteroatoms. The van der Waals surface area contributed by atoms with Crippen molar-refractivity contribution in [2.75, 3.05) is 26.3 Å². The van der Waals surface area contributed by atoms with Gasteiger partial charge in [-0.25, -0.2) is 9.37 Å². The van der Waals surface area contributed by atoms with Crippen LogP contribution in [0.2, 0.25) is 0 Å². The number of nitrogens with zero attached hydrogens (tertiary/aromatic N) is 2. The maximum absolute atomic E-state index is 15.0. The van der Waals surface area contributed by atoms with Crippen LogP contribution in [0, 0.1) is 5.82 Å². The fourth-order valence-corrected chi connectivity index (χ4v) is 5.06. The van der Waals surface area contributed by atoms with Gasteiger partial charge >= 0.3 is 0 Å². The monoisotopic (exact) mass is 501 g/mol. The summed E-state index contributed by atoms with van der Waals surface area (Å²) in [6.45, 7) is 2.02. The van der Waals surface area contributed by atoms with Crippen LogP contribution < -0.4 is 4.74 Å². The third-order valence-electron chi connectivity index (χ3n) is 7.09. The fraction of sp³-hybridized carbons (Fsp3) is 0.310. The number of rotatable bonds is 6. The molecule has 0 spiro atoms. The molecule has 0 bridgehead atoms. The molecule has 2 atom stereocenters. The molecule has 7 nitrogen and oxygen atoms in total. The molecule has 2 aromatic heterocycles. The zero-order valence-electron chi connectivity index (χ0n) is 20.3. The van der Waals surface area contributed by atoms with E-state index in [1.54, 1.807) is 6.07 Å². The van der Waals surface area contributed by atoms with Crippen molar-refractivity contribution >= 4 is 16.9 Å². The molecule has 0 unspecified atom stereocenters. The summed E-state index contributed by atoms with van der Waals surface area (Å²) < 4.78 is 26.4.